The Morgan fingerprint density at radius 2 is 1.67 bits per heavy atom. The van der Waals surface area contributed by atoms with E-state index in [1.54, 1.807) is 0 Å². The zero-order chi connectivity index (χ0) is 20.8. The molecule has 30 heavy (non-hydrogen) atoms. The van der Waals surface area contributed by atoms with Crippen molar-refractivity contribution in [3.63, 3.8) is 0 Å². The molecule has 5 nitrogen and oxygen atoms in total. The highest BCUT2D eigenvalue weighted by Gasteiger charge is 2.14. The monoisotopic (exact) mass is 405 g/mol. The van der Waals surface area contributed by atoms with Crippen LogP contribution in [0.5, 0.6) is 11.5 Å². The lowest BCUT2D eigenvalue weighted by molar-refractivity contribution is 0.134. The molecule has 0 saturated carbocycles. The van der Waals surface area contributed by atoms with Crippen LogP contribution >= 0.6 is 0 Å². The Kier molecular flexibility index (Phi) is 6.82. The van der Waals surface area contributed by atoms with Crippen molar-refractivity contribution in [3.05, 3.63) is 54.6 Å². The Labute approximate surface area is 179 Å². The summed E-state index contributed by atoms with van der Waals surface area (Å²) in [6.45, 7) is 8.94. The number of nitrogens with zero attached hydrogens (tertiary/aromatic N) is 3. The number of rotatable bonds is 8. The van der Waals surface area contributed by atoms with Gasteiger partial charge in [0.2, 0.25) is 0 Å². The summed E-state index contributed by atoms with van der Waals surface area (Å²) in [4.78, 5) is 9.71. The summed E-state index contributed by atoms with van der Waals surface area (Å²) in [6, 6.07) is 18.4. The minimum Gasteiger partial charge on any atom is -0.494 e. The molecular weight excluding hydrogens is 374 g/mol. The number of fused-ring (bicyclic) bond motifs is 1. The minimum atomic E-state index is 0.682. The van der Waals surface area contributed by atoms with Crippen molar-refractivity contribution in [1.82, 2.24) is 14.8 Å². The molecule has 0 aliphatic carbocycles. The average molecular weight is 406 g/mol. The van der Waals surface area contributed by atoms with E-state index in [2.05, 4.69) is 48.0 Å². The average Bonchev–Trinajstić information content (AvgIpc) is 2.79. The molecule has 1 saturated heterocycles. The van der Waals surface area contributed by atoms with Crippen LogP contribution in [0.3, 0.4) is 0 Å². The van der Waals surface area contributed by atoms with Gasteiger partial charge in [0, 0.05) is 49.7 Å². The van der Waals surface area contributed by atoms with Gasteiger partial charge < -0.3 is 14.4 Å². The van der Waals surface area contributed by atoms with Gasteiger partial charge >= 0.3 is 0 Å². The maximum absolute atomic E-state index is 6.27. The summed E-state index contributed by atoms with van der Waals surface area (Å²) in [5.74, 6) is 1.79. The standard InChI is InChI=1S/C25H31N3O2/c1-3-17-29-21-10-8-20(9-11-21)24-19-25(22-6-4-5-7-23(22)26-24)30-18-16-28-14-12-27(2)13-15-28/h4-11,19H,3,12-18H2,1-2H3. The molecule has 5 heteroatoms. The third-order valence-electron chi connectivity index (χ3n) is 5.56. The van der Waals surface area contributed by atoms with Crippen LogP contribution in [-0.4, -0.2) is 67.8 Å². The van der Waals surface area contributed by atoms with E-state index in [9.17, 15) is 0 Å². The van der Waals surface area contributed by atoms with E-state index in [0.717, 1.165) is 79.4 Å². The summed E-state index contributed by atoms with van der Waals surface area (Å²) in [5, 5.41) is 1.06. The molecule has 0 amide bonds. The lowest BCUT2D eigenvalue weighted by Gasteiger charge is -2.32. The van der Waals surface area contributed by atoms with Crippen molar-refractivity contribution < 1.29 is 9.47 Å². The summed E-state index contributed by atoms with van der Waals surface area (Å²) in [7, 11) is 2.18. The quantitative estimate of drug-likeness (QED) is 0.558. The largest absolute Gasteiger partial charge is 0.494 e. The van der Waals surface area contributed by atoms with Gasteiger partial charge in [0.25, 0.3) is 0 Å². The zero-order valence-electron chi connectivity index (χ0n) is 18.0. The topological polar surface area (TPSA) is 37.8 Å². The molecule has 1 aliphatic heterocycles. The van der Waals surface area contributed by atoms with Gasteiger partial charge in [0.15, 0.2) is 0 Å². The molecule has 2 aromatic carbocycles. The number of hydrogen-bond donors (Lipinski definition) is 0. The Hall–Kier alpha value is -2.63. The molecule has 0 spiro atoms. The molecule has 1 fully saturated rings. The third kappa shape index (κ3) is 5.10. The number of piperazine rings is 1. The fraction of sp³-hybridized carbons (Fsp3) is 0.400. The van der Waals surface area contributed by atoms with Gasteiger partial charge in [0.05, 0.1) is 17.8 Å². The van der Waals surface area contributed by atoms with Crippen molar-refractivity contribution in [1.29, 1.82) is 0 Å². The Balaban J connectivity index is 1.50. The molecule has 0 bridgehead atoms. The van der Waals surface area contributed by atoms with E-state index >= 15 is 0 Å². The van der Waals surface area contributed by atoms with E-state index in [0.29, 0.717) is 6.61 Å². The lowest BCUT2D eigenvalue weighted by atomic mass is 10.1. The number of pyridine rings is 1. The second kappa shape index (κ2) is 9.92. The van der Waals surface area contributed by atoms with E-state index in [-0.39, 0.29) is 0 Å². The van der Waals surface area contributed by atoms with Gasteiger partial charge in [0.1, 0.15) is 18.1 Å². The summed E-state index contributed by atoms with van der Waals surface area (Å²) < 4.78 is 12.0. The zero-order valence-corrected chi connectivity index (χ0v) is 18.0. The van der Waals surface area contributed by atoms with Gasteiger partial charge in [-0.25, -0.2) is 4.98 Å². The first-order chi connectivity index (χ1) is 14.7. The van der Waals surface area contributed by atoms with Crippen molar-refractivity contribution in [2.24, 2.45) is 0 Å². The number of aromatic nitrogens is 1. The number of hydrogen-bond acceptors (Lipinski definition) is 5. The molecular formula is C25H31N3O2. The van der Waals surface area contributed by atoms with Crippen LogP contribution < -0.4 is 9.47 Å². The van der Waals surface area contributed by atoms with E-state index in [1.807, 2.05) is 30.3 Å². The highest BCUT2D eigenvalue weighted by molar-refractivity contribution is 5.87. The molecule has 0 radical (unpaired) electrons. The Bertz CT molecular complexity index is 950. The van der Waals surface area contributed by atoms with Gasteiger partial charge in [-0.15, -0.1) is 0 Å². The van der Waals surface area contributed by atoms with Crippen LogP contribution in [0, 0.1) is 0 Å². The molecule has 3 aromatic rings. The lowest BCUT2D eigenvalue weighted by Crippen LogP contribution is -2.45. The first-order valence-electron chi connectivity index (χ1n) is 10.9. The number of ether oxygens (including phenoxy) is 2. The second-order valence-electron chi connectivity index (χ2n) is 7.89. The number of benzene rings is 2. The number of likely N-dealkylation sites (N-methyl/N-ethyl adjacent to an activating group) is 1. The normalized spacial score (nSPS) is 15.4. The second-order valence-corrected chi connectivity index (χ2v) is 7.89. The van der Waals surface area contributed by atoms with Crippen LogP contribution in [-0.2, 0) is 0 Å². The predicted octanol–water partition coefficient (Wildman–Crippen LogP) is 4.32. The van der Waals surface area contributed by atoms with Crippen LogP contribution in [0.25, 0.3) is 22.2 Å². The first-order valence-corrected chi connectivity index (χ1v) is 10.9. The summed E-state index contributed by atoms with van der Waals surface area (Å²) >= 11 is 0. The first kappa shape index (κ1) is 20.6. The van der Waals surface area contributed by atoms with E-state index in [1.165, 1.54) is 0 Å². The molecule has 4 rings (SSSR count). The summed E-state index contributed by atoms with van der Waals surface area (Å²) in [6.07, 6.45) is 1.00. The minimum absolute atomic E-state index is 0.682. The molecule has 1 aromatic heterocycles. The van der Waals surface area contributed by atoms with E-state index in [4.69, 9.17) is 14.5 Å². The molecule has 0 N–H and O–H groups in total. The van der Waals surface area contributed by atoms with Crippen LogP contribution in [0.1, 0.15) is 13.3 Å². The van der Waals surface area contributed by atoms with E-state index < -0.39 is 0 Å². The molecule has 2 heterocycles. The summed E-state index contributed by atoms with van der Waals surface area (Å²) in [5.41, 5.74) is 2.94. The fourth-order valence-electron chi connectivity index (χ4n) is 3.71. The Morgan fingerprint density at radius 1 is 0.900 bits per heavy atom. The van der Waals surface area contributed by atoms with Crippen LogP contribution in [0.15, 0.2) is 54.6 Å². The van der Waals surface area contributed by atoms with Gasteiger partial charge in [-0.05, 0) is 49.9 Å². The Morgan fingerprint density at radius 3 is 2.43 bits per heavy atom. The van der Waals surface area contributed by atoms with Crippen molar-refractivity contribution >= 4 is 10.9 Å². The molecule has 0 unspecified atom stereocenters. The predicted molar refractivity (Wildman–Crippen MR) is 122 cm³/mol. The van der Waals surface area contributed by atoms with Gasteiger partial charge in [-0.1, -0.05) is 19.1 Å². The SMILES string of the molecule is CCCOc1ccc(-c2cc(OCCN3CCN(C)CC3)c3ccccc3n2)cc1. The highest BCUT2D eigenvalue weighted by Crippen LogP contribution is 2.30. The molecule has 158 valence electrons. The van der Waals surface area contributed by atoms with Gasteiger partial charge in [-0.3, -0.25) is 4.90 Å². The van der Waals surface area contributed by atoms with Crippen molar-refractivity contribution in [3.8, 4) is 22.8 Å². The van der Waals surface area contributed by atoms with Crippen LogP contribution in [0.2, 0.25) is 0 Å². The highest BCUT2D eigenvalue weighted by atomic mass is 16.5. The fourth-order valence-corrected chi connectivity index (χ4v) is 3.71. The molecule has 0 atom stereocenters. The van der Waals surface area contributed by atoms with Crippen molar-refractivity contribution in [2.75, 3.05) is 53.0 Å². The van der Waals surface area contributed by atoms with Crippen molar-refractivity contribution in [2.45, 2.75) is 13.3 Å². The molecule has 1 aliphatic rings. The maximum atomic E-state index is 6.27. The maximum Gasteiger partial charge on any atom is 0.130 e. The third-order valence-corrected chi connectivity index (χ3v) is 5.56. The van der Waals surface area contributed by atoms with Crippen LogP contribution in [0.4, 0.5) is 0 Å². The number of para-hydroxylation sites is 1. The smallest absolute Gasteiger partial charge is 0.130 e. The van der Waals surface area contributed by atoms with Gasteiger partial charge in [-0.2, -0.15) is 0 Å².